The van der Waals surface area contributed by atoms with Crippen molar-refractivity contribution in [3.63, 3.8) is 0 Å². The van der Waals surface area contributed by atoms with Gasteiger partial charge in [-0.1, -0.05) is 18.2 Å². The molecule has 2 rings (SSSR count). The maximum absolute atomic E-state index is 12.4. The summed E-state index contributed by atoms with van der Waals surface area (Å²) in [6, 6.07) is 7.64. The predicted molar refractivity (Wildman–Crippen MR) is 79.7 cm³/mol. The van der Waals surface area contributed by atoms with Crippen LogP contribution in [0.2, 0.25) is 0 Å². The molecule has 0 aromatic heterocycles. The van der Waals surface area contributed by atoms with Gasteiger partial charge >= 0.3 is 0 Å². The number of phenolic OH excluding ortho intramolecular Hbond substituents is 1. The highest BCUT2D eigenvalue weighted by Gasteiger charge is 2.22. The number of hydrogen-bond donors (Lipinski definition) is 1. The molecule has 1 amide bonds. The second kappa shape index (κ2) is 6.75. The Kier molecular flexibility index (Phi) is 5.01. The maximum atomic E-state index is 12.4. The molecule has 0 bridgehead atoms. The first-order chi connectivity index (χ1) is 9.58. The summed E-state index contributed by atoms with van der Waals surface area (Å²) in [7, 11) is 4.20. The van der Waals surface area contributed by atoms with Crippen molar-refractivity contribution in [2.24, 2.45) is 0 Å². The van der Waals surface area contributed by atoms with Crippen LogP contribution >= 0.6 is 0 Å². The molecule has 1 aliphatic rings. The number of rotatable bonds is 3. The van der Waals surface area contributed by atoms with Gasteiger partial charge in [-0.15, -0.1) is 0 Å². The number of nitrogens with zero attached hydrogens (tertiary/aromatic N) is 2. The molecule has 4 heteroatoms. The van der Waals surface area contributed by atoms with Gasteiger partial charge in [0, 0.05) is 24.7 Å². The number of phenols is 1. The lowest BCUT2D eigenvalue weighted by Crippen LogP contribution is -2.34. The van der Waals surface area contributed by atoms with E-state index in [4.69, 9.17) is 0 Å². The van der Waals surface area contributed by atoms with E-state index in [1.807, 2.05) is 17.0 Å². The van der Waals surface area contributed by atoms with Gasteiger partial charge in [0.1, 0.15) is 5.75 Å². The third-order valence-electron chi connectivity index (χ3n) is 4.11. The summed E-state index contributed by atoms with van der Waals surface area (Å²) in [5.74, 6) is 0.327. The van der Waals surface area contributed by atoms with Crippen LogP contribution in [-0.4, -0.2) is 54.0 Å². The van der Waals surface area contributed by atoms with Gasteiger partial charge in [-0.2, -0.15) is 0 Å². The minimum absolute atomic E-state index is 0.117. The second-order valence-corrected chi connectivity index (χ2v) is 5.73. The van der Waals surface area contributed by atoms with Crippen molar-refractivity contribution in [3.8, 4) is 5.75 Å². The van der Waals surface area contributed by atoms with E-state index in [-0.39, 0.29) is 11.7 Å². The lowest BCUT2D eigenvalue weighted by atomic mass is 10.1. The average Bonchev–Trinajstić information content (AvgIpc) is 2.67. The zero-order valence-corrected chi connectivity index (χ0v) is 12.4. The lowest BCUT2D eigenvalue weighted by molar-refractivity contribution is -0.130. The number of para-hydroxylation sites is 1. The second-order valence-electron chi connectivity index (χ2n) is 5.73. The number of likely N-dealkylation sites (tertiary alicyclic amines) is 1. The molecule has 1 N–H and O–H groups in total. The zero-order valence-electron chi connectivity index (χ0n) is 12.4. The number of benzene rings is 1. The van der Waals surface area contributed by atoms with Crippen LogP contribution in [0.3, 0.4) is 0 Å². The minimum Gasteiger partial charge on any atom is -0.508 e. The molecule has 20 heavy (non-hydrogen) atoms. The van der Waals surface area contributed by atoms with Gasteiger partial charge in [0.2, 0.25) is 5.91 Å². The van der Waals surface area contributed by atoms with E-state index in [2.05, 4.69) is 19.0 Å². The smallest absolute Gasteiger partial charge is 0.227 e. The van der Waals surface area contributed by atoms with Crippen molar-refractivity contribution in [1.82, 2.24) is 9.80 Å². The molecular formula is C16H24N2O2. The van der Waals surface area contributed by atoms with Gasteiger partial charge in [-0.3, -0.25) is 4.79 Å². The first kappa shape index (κ1) is 14.9. The van der Waals surface area contributed by atoms with Crippen molar-refractivity contribution in [3.05, 3.63) is 29.8 Å². The Morgan fingerprint density at radius 3 is 2.75 bits per heavy atom. The molecule has 1 aliphatic heterocycles. The molecule has 0 aliphatic carbocycles. The van der Waals surface area contributed by atoms with E-state index < -0.39 is 0 Å². The molecule has 0 radical (unpaired) electrons. The Hall–Kier alpha value is -1.55. The van der Waals surface area contributed by atoms with Crippen molar-refractivity contribution >= 4 is 5.91 Å². The van der Waals surface area contributed by atoms with Crippen molar-refractivity contribution < 1.29 is 9.90 Å². The quantitative estimate of drug-likeness (QED) is 0.916. The van der Waals surface area contributed by atoms with Crippen LogP contribution in [-0.2, 0) is 11.2 Å². The van der Waals surface area contributed by atoms with Gasteiger partial charge in [0.25, 0.3) is 0 Å². The highest BCUT2D eigenvalue weighted by Crippen LogP contribution is 2.19. The normalized spacial score (nSPS) is 19.9. The molecule has 1 aromatic rings. The number of aromatic hydroxyl groups is 1. The van der Waals surface area contributed by atoms with E-state index in [0.717, 1.165) is 32.4 Å². The maximum Gasteiger partial charge on any atom is 0.227 e. The number of hydrogen-bond acceptors (Lipinski definition) is 3. The van der Waals surface area contributed by atoms with Gasteiger partial charge < -0.3 is 14.9 Å². The predicted octanol–water partition coefficient (Wildman–Crippen LogP) is 1.88. The molecule has 0 saturated carbocycles. The molecule has 1 heterocycles. The average molecular weight is 276 g/mol. The van der Waals surface area contributed by atoms with E-state index in [0.29, 0.717) is 18.0 Å². The third-order valence-corrected chi connectivity index (χ3v) is 4.11. The molecule has 0 spiro atoms. The van der Waals surface area contributed by atoms with Crippen LogP contribution in [0.1, 0.15) is 24.8 Å². The highest BCUT2D eigenvalue weighted by atomic mass is 16.3. The molecule has 4 nitrogen and oxygen atoms in total. The topological polar surface area (TPSA) is 43.8 Å². The Morgan fingerprint density at radius 1 is 1.30 bits per heavy atom. The van der Waals surface area contributed by atoms with E-state index >= 15 is 0 Å². The summed E-state index contributed by atoms with van der Waals surface area (Å²) in [5.41, 5.74) is 0.714. The Balaban J connectivity index is 1.94. The Labute approximate surface area is 121 Å². The van der Waals surface area contributed by atoms with Crippen LogP contribution < -0.4 is 0 Å². The molecular weight excluding hydrogens is 252 g/mol. The minimum atomic E-state index is 0.117. The van der Waals surface area contributed by atoms with Crippen LogP contribution in [0.25, 0.3) is 0 Å². The number of amides is 1. The summed E-state index contributed by atoms with van der Waals surface area (Å²) in [4.78, 5) is 16.5. The SMILES string of the molecule is CN(C)[C@@H]1CCCN(C(=O)Cc2ccccc2O)CC1. The van der Waals surface area contributed by atoms with Crippen molar-refractivity contribution in [2.45, 2.75) is 31.7 Å². The summed E-state index contributed by atoms with van der Waals surface area (Å²) < 4.78 is 0. The van der Waals surface area contributed by atoms with Crippen LogP contribution in [0, 0.1) is 0 Å². The summed E-state index contributed by atoms with van der Waals surface area (Å²) >= 11 is 0. The molecule has 110 valence electrons. The molecule has 1 aromatic carbocycles. The summed E-state index contributed by atoms with van der Waals surface area (Å²) in [6.07, 6.45) is 3.52. The van der Waals surface area contributed by atoms with Gasteiger partial charge in [0.05, 0.1) is 6.42 Å². The fraction of sp³-hybridized carbons (Fsp3) is 0.562. The van der Waals surface area contributed by atoms with Crippen LogP contribution in [0.15, 0.2) is 24.3 Å². The highest BCUT2D eigenvalue weighted by molar-refractivity contribution is 5.79. The molecule has 1 atom stereocenters. The van der Waals surface area contributed by atoms with Gasteiger partial charge in [-0.25, -0.2) is 0 Å². The largest absolute Gasteiger partial charge is 0.508 e. The lowest BCUT2D eigenvalue weighted by Gasteiger charge is -2.23. The Morgan fingerprint density at radius 2 is 2.05 bits per heavy atom. The number of carbonyl (C=O) groups excluding carboxylic acids is 1. The molecule has 0 unspecified atom stereocenters. The van der Waals surface area contributed by atoms with E-state index in [1.165, 1.54) is 0 Å². The fourth-order valence-electron chi connectivity index (χ4n) is 2.78. The van der Waals surface area contributed by atoms with Crippen molar-refractivity contribution in [2.75, 3.05) is 27.2 Å². The molecule has 1 fully saturated rings. The monoisotopic (exact) mass is 276 g/mol. The van der Waals surface area contributed by atoms with Crippen LogP contribution in [0.4, 0.5) is 0 Å². The molecule has 1 saturated heterocycles. The van der Waals surface area contributed by atoms with E-state index in [1.54, 1.807) is 12.1 Å². The first-order valence-corrected chi connectivity index (χ1v) is 7.29. The van der Waals surface area contributed by atoms with Gasteiger partial charge in [0.15, 0.2) is 0 Å². The standard InChI is InChI=1S/C16H24N2O2/c1-17(2)14-7-5-10-18(11-9-14)16(20)12-13-6-3-4-8-15(13)19/h3-4,6,8,14,19H,5,7,9-12H2,1-2H3/t14-/m1/s1. The fourth-order valence-corrected chi connectivity index (χ4v) is 2.78. The summed E-state index contributed by atoms with van der Waals surface area (Å²) in [5, 5.41) is 9.75. The summed E-state index contributed by atoms with van der Waals surface area (Å²) in [6.45, 7) is 1.64. The number of carbonyl (C=O) groups is 1. The van der Waals surface area contributed by atoms with Gasteiger partial charge in [-0.05, 0) is 39.4 Å². The van der Waals surface area contributed by atoms with E-state index in [9.17, 15) is 9.90 Å². The third kappa shape index (κ3) is 3.73. The first-order valence-electron chi connectivity index (χ1n) is 7.29. The van der Waals surface area contributed by atoms with Crippen LogP contribution in [0.5, 0.6) is 5.75 Å². The Bertz CT molecular complexity index is 460. The zero-order chi connectivity index (χ0) is 14.5. The van der Waals surface area contributed by atoms with Crippen molar-refractivity contribution in [1.29, 1.82) is 0 Å².